The first-order valence-electron chi connectivity index (χ1n) is 7.44. The van der Waals surface area contributed by atoms with Gasteiger partial charge in [0.2, 0.25) is 0 Å². The number of hydrogen-bond acceptors (Lipinski definition) is 0. The van der Waals surface area contributed by atoms with Crippen molar-refractivity contribution in [3.8, 4) is 0 Å². The van der Waals surface area contributed by atoms with E-state index in [2.05, 4.69) is 22.6 Å². The third-order valence-electron chi connectivity index (χ3n) is 15.9. The molecule has 0 bridgehead atoms. The molecule has 0 aromatic carbocycles. The summed E-state index contributed by atoms with van der Waals surface area (Å²) in [5.41, 5.74) is 0. The summed E-state index contributed by atoms with van der Waals surface area (Å²) < 4.78 is 2.22. The predicted molar refractivity (Wildman–Crippen MR) is 74.2 cm³/mol. The van der Waals surface area contributed by atoms with Crippen molar-refractivity contribution in [2.75, 3.05) is 5.88 Å². The van der Waals surface area contributed by atoms with Gasteiger partial charge >= 0.3 is 111 Å². The van der Waals surface area contributed by atoms with Crippen LogP contribution in [0.2, 0.25) is 47.7 Å². The Morgan fingerprint density at radius 2 is 1.53 bits per heavy atom. The molecular formula is C14H16ClFeI. The average Bonchev–Trinajstić information content (AvgIpc) is 3.28. The van der Waals surface area contributed by atoms with Gasteiger partial charge in [0, 0.05) is 0 Å². The van der Waals surface area contributed by atoms with Gasteiger partial charge in [0.1, 0.15) is 0 Å². The SMILES string of the molecule is ClCCCC(I)[C]12[CH]3[CH]4[CH]5[CH]1[Fe]45321678[CH]2[CH]1[CH]6[CH]7[CH]28. The Kier molecular flexibility index (Phi) is 0.290. The standard InChI is InChI=1S/C9H11ClI.C5H5.Fe/c10-7-3-6-9(11)8-4-1-2-5-8;1-2-4-5-3-1;/h1-2,4-5,9H,3,6-7H2;1-5H;. The van der Waals surface area contributed by atoms with Crippen molar-refractivity contribution in [3.63, 3.8) is 0 Å². The number of rotatable bonds is 4. The third-order valence-corrected chi connectivity index (χ3v) is 61.0. The van der Waals surface area contributed by atoms with Crippen LogP contribution in [0.4, 0.5) is 0 Å². The molecule has 0 aromatic rings. The van der Waals surface area contributed by atoms with Gasteiger partial charge in [-0.25, -0.2) is 0 Å². The Labute approximate surface area is 110 Å². The van der Waals surface area contributed by atoms with Crippen LogP contribution < -0.4 is 0 Å². The molecule has 10 saturated heterocycles. The maximum absolute atomic E-state index is 5.96. The molecule has 0 amide bonds. The van der Waals surface area contributed by atoms with Crippen LogP contribution in [0.15, 0.2) is 0 Å². The van der Waals surface area contributed by atoms with Gasteiger partial charge in [-0.05, 0) is 0 Å². The minimum atomic E-state index is -2.73. The molecule has 5 unspecified atom stereocenters. The van der Waals surface area contributed by atoms with Crippen LogP contribution in [-0.2, 0) is 6.51 Å². The van der Waals surface area contributed by atoms with Crippen LogP contribution in [0, 0.1) is 0 Å². The molecule has 5 atom stereocenters. The van der Waals surface area contributed by atoms with E-state index in [1.165, 1.54) is 56.2 Å². The van der Waals surface area contributed by atoms with Crippen LogP contribution in [-0.4, -0.2) is 9.80 Å². The molecule has 10 aliphatic rings. The Hall–Kier alpha value is 1.54. The molecule has 10 aliphatic heterocycles. The van der Waals surface area contributed by atoms with E-state index < -0.39 is 6.51 Å². The zero-order chi connectivity index (χ0) is 10.7. The number of fused-ring (bicyclic) bond motifs is 10. The van der Waals surface area contributed by atoms with Crippen molar-refractivity contribution in [1.82, 2.24) is 0 Å². The Morgan fingerprint density at radius 1 is 1.00 bits per heavy atom. The van der Waals surface area contributed by atoms with E-state index in [4.69, 9.17) is 11.6 Å². The number of alkyl halides is 2. The molecule has 0 aliphatic carbocycles. The van der Waals surface area contributed by atoms with Gasteiger partial charge in [-0.2, -0.15) is 0 Å². The number of hydrogen-bond donors (Lipinski definition) is 0. The van der Waals surface area contributed by atoms with Crippen molar-refractivity contribution >= 4 is 34.2 Å². The first kappa shape index (κ1) is 7.52. The number of halogens is 2. The Balaban J connectivity index is 1.45. The van der Waals surface area contributed by atoms with E-state index in [1.54, 1.807) is 0 Å². The molecule has 3 heteroatoms. The summed E-state index contributed by atoms with van der Waals surface area (Å²) in [5.74, 6) is 0.909. The van der Waals surface area contributed by atoms with Gasteiger partial charge in [-0.15, -0.1) is 0 Å². The zero-order valence-electron chi connectivity index (χ0n) is 9.50. The summed E-state index contributed by atoms with van der Waals surface area (Å²) >= 11 is 8.88. The van der Waals surface area contributed by atoms with Gasteiger partial charge in [0.25, 0.3) is 0 Å². The Morgan fingerprint density at radius 3 is 1.82 bits per heavy atom. The monoisotopic (exact) mass is 402 g/mol. The van der Waals surface area contributed by atoms with Crippen LogP contribution >= 0.6 is 34.2 Å². The second-order valence-electron chi connectivity index (χ2n) is 11.0. The van der Waals surface area contributed by atoms with Crippen molar-refractivity contribution in [2.45, 2.75) is 64.4 Å². The van der Waals surface area contributed by atoms with Crippen molar-refractivity contribution in [2.24, 2.45) is 0 Å². The van der Waals surface area contributed by atoms with Crippen molar-refractivity contribution in [1.29, 1.82) is 0 Å². The first-order chi connectivity index (χ1) is 8.03. The molecule has 0 nitrogen and oxygen atoms in total. The summed E-state index contributed by atoms with van der Waals surface area (Å²) in [5, 5.41) is 0. The van der Waals surface area contributed by atoms with Crippen LogP contribution in [0.5, 0.6) is 0 Å². The fourth-order valence-corrected chi connectivity index (χ4v) is 99.4. The molecule has 10 rings (SSSR count). The van der Waals surface area contributed by atoms with E-state index in [0.717, 1.165) is 14.1 Å². The summed E-state index contributed by atoms with van der Waals surface area (Å²) in [4.78, 5) is 13.5. The molecule has 10 heterocycles. The quantitative estimate of drug-likeness (QED) is 0.328. The van der Waals surface area contributed by atoms with E-state index in [0.29, 0.717) is 0 Å². The average molecular weight is 402 g/mol. The second kappa shape index (κ2) is 0.656. The third kappa shape index (κ3) is 0.0840. The topological polar surface area (TPSA) is 0 Å². The summed E-state index contributed by atoms with van der Waals surface area (Å²) in [7, 11) is 0. The molecule has 0 saturated carbocycles. The molecule has 0 radical (unpaired) electrons. The van der Waals surface area contributed by atoms with Gasteiger partial charge in [0.15, 0.2) is 0 Å². The van der Waals surface area contributed by atoms with Crippen LogP contribution in [0.1, 0.15) is 12.8 Å². The van der Waals surface area contributed by atoms with Gasteiger partial charge in [0.05, 0.1) is 0 Å². The molecule has 17 heavy (non-hydrogen) atoms. The predicted octanol–water partition coefficient (Wildman–Crippen LogP) is 5.57. The van der Waals surface area contributed by atoms with Crippen molar-refractivity contribution in [3.05, 3.63) is 0 Å². The molecule has 10 fully saturated rings. The zero-order valence-corrected chi connectivity index (χ0v) is 13.5. The normalized spacial score (nSPS) is 121. The van der Waals surface area contributed by atoms with Crippen LogP contribution in [0.25, 0.3) is 0 Å². The van der Waals surface area contributed by atoms with Gasteiger partial charge < -0.3 is 0 Å². The minimum absolute atomic E-state index is 0.909. The fourth-order valence-electron chi connectivity index (χ4n) is 17.7. The fraction of sp³-hybridized carbons (Fsp3) is 1.00. The first-order valence-corrected chi connectivity index (χ1v) is 15.5. The van der Waals surface area contributed by atoms with Crippen LogP contribution in [0.3, 0.4) is 0 Å². The molecule has 94 valence electrons. The summed E-state index contributed by atoms with van der Waals surface area (Å²) in [6, 6.07) is 0. The molecule has 0 aromatic heterocycles. The molecule has 1 spiro atoms. The second-order valence-corrected chi connectivity index (χ2v) is 36.5. The molecular weight excluding hydrogens is 386 g/mol. The van der Waals surface area contributed by atoms with Crippen molar-refractivity contribution < 1.29 is 6.51 Å². The summed E-state index contributed by atoms with van der Waals surface area (Å²) in [6.07, 6.45) is 2.78. The molecule has 0 N–H and O–H groups in total. The van der Waals surface area contributed by atoms with E-state index in [-0.39, 0.29) is 0 Å². The van der Waals surface area contributed by atoms with E-state index >= 15 is 0 Å². The van der Waals surface area contributed by atoms with E-state index in [9.17, 15) is 0 Å². The van der Waals surface area contributed by atoms with Gasteiger partial charge in [-0.3, -0.25) is 0 Å². The Bertz CT molecular complexity index is 854. The van der Waals surface area contributed by atoms with E-state index in [1.807, 2.05) is 0 Å². The maximum atomic E-state index is 5.96. The van der Waals surface area contributed by atoms with Gasteiger partial charge in [-0.1, -0.05) is 0 Å². The summed E-state index contributed by atoms with van der Waals surface area (Å²) in [6.45, 7) is -2.73.